The molecule has 1 N–H and O–H groups in total. The van der Waals surface area contributed by atoms with Crippen LogP contribution in [0.2, 0.25) is 10.0 Å². The zero-order valence-corrected chi connectivity index (χ0v) is 19.4. The van der Waals surface area contributed by atoms with Gasteiger partial charge in [0.1, 0.15) is 11.8 Å². The van der Waals surface area contributed by atoms with E-state index in [9.17, 15) is 9.59 Å². The van der Waals surface area contributed by atoms with Crippen LogP contribution >= 0.6 is 39.1 Å². The minimum absolute atomic E-state index is 0.166. The van der Waals surface area contributed by atoms with Crippen LogP contribution in [-0.2, 0) is 16.1 Å². The van der Waals surface area contributed by atoms with Gasteiger partial charge in [-0.1, -0.05) is 52.1 Å². The van der Waals surface area contributed by atoms with E-state index in [4.69, 9.17) is 27.9 Å². The first kappa shape index (κ1) is 23.5. The highest BCUT2D eigenvalue weighted by Crippen LogP contribution is 2.23. The molecule has 0 saturated carbocycles. The van der Waals surface area contributed by atoms with E-state index in [1.165, 1.54) is 4.90 Å². The highest BCUT2D eigenvalue weighted by molar-refractivity contribution is 9.10. The summed E-state index contributed by atoms with van der Waals surface area (Å²) in [4.78, 5) is 26.9. The quantitative estimate of drug-likeness (QED) is 0.521. The van der Waals surface area contributed by atoms with Crippen molar-refractivity contribution < 1.29 is 14.3 Å². The van der Waals surface area contributed by atoms with Crippen LogP contribution in [0.3, 0.4) is 0 Å². The van der Waals surface area contributed by atoms with Gasteiger partial charge in [-0.25, -0.2) is 0 Å². The van der Waals surface area contributed by atoms with Gasteiger partial charge in [-0.2, -0.15) is 0 Å². The molecule has 5 nitrogen and oxygen atoms in total. The SMILES string of the molecule is CCCNC(=O)[C@H](C)N(Cc1ccc(Cl)cc1Cl)C(=O)COc1ccc(Br)cc1. The average Bonchev–Trinajstić information content (AvgIpc) is 2.70. The number of halogens is 3. The molecule has 0 fully saturated rings. The van der Waals surface area contributed by atoms with Crippen molar-refractivity contribution >= 4 is 50.9 Å². The van der Waals surface area contributed by atoms with E-state index < -0.39 is 6.04 Å². The highest BCUT2D eigenvalue weighted by Gasteiger charge is 2.27. The third-order valence-electron chi connectivity index (χ3n) is 4.25. The molecule has 0 aliphatic heterocycles. The summed E-state index contributed by atoms with van der Waals surface area (Å²) in [6.45, 7) is 4.17. The van der Waals surface area contributed by atoms with Crippen LogP contribution in [0.5, 0.6) is 5.75 Å². The van der Waals surface area contributed by atoms with Crippen molar-refractivity contribution in [3.05, 3.63) is 62.5 Å². The van der Waals surface area contributed by atoms with E-state index in [2.05, 4.69) is 21.2 Å². The predicted octanol–water partition coefficient (Wildman–Crippen LogP) is 5.08. The molecule has 2 amide bonds. The van der Waals surface area contributed by atoms with Crippen molar-refractivity contribution in [1.82, 2.24) is 10.2 Å². The van der Waals surface area contributed by atoms with E-state index in [-0.39, 0.29) is 25.0 Å². The van der Waals surface area contributed by atoms with Crippen molar-refractivity contribution in [1.29, 1.82) is 0 Å². The Morgan fingerprint density at radius 3 is 2.48 bits per heavy atom. The maximum Gasteiger partial charge on any atom is 0.261 e. The van der Waals surface area contributed by atoms with Gasteiger partial charge in [0.05, 0.1) is 0 Å². The first-order valence-corrected chi connectivity index (χ1v) is 10.8. The molecule has 0 heterocycles. The summed E-state index contributed by atoms with van der Waals surface area (Å²) in [5.41, 5.74) is 0.697. The van der Waals surface area contributed by atoms with Gasteiger partial charge >= 0.3 is 0 Å². The van der Waals surface area contributed by atoms with E-state index >= 15 is 0 Å². The number of nitrogens with one attached hydrogen (secondary N) is 1. The minimum atomic E-state index is -0.686. The molecule has 2 aromatic carbocycles. The standard InChI is InChI=1S/C21H23BrCl2N2O3/c1-3-10-25-21(28)14(2)26(12-15-4-7-17(23)11-19(15)24)20(27)13-29-18-8-5-16(22)6-9-18/h4-9,11,14H,3,10,12-13H2,1-2H3,(H,25,28)/t14-/m0/s1. The molecule has 1 atom stereocenters. The summed E-state index contributed by atoms with van der Waals surface area (Å²) in [6, 6.07) is 11.5. The maximum absolute atomic E-state index is 12.9. The molecule has 2 rings (SSSR count). The Balaban J connectivity index is 2.16. The lowest BCUT2D eigenvalue weighted by Crippen LogP contribution is -2.49. The second kappa shape index (κ2) is 11.4. The Hall–Kier alpha value is -1.76. The smallest absolute Gasteiger partial charge is 0.261 e. The van der Waals surface area contributed by atoms with E-state index in [0.717, 1.165) is 10.9 Å². The summed E-state index contributed by atoms with van der Waals surface area (Å²) in [7, 11) is 0. The van der Waals surface area contributed by atoms with Gasteiger partial charge in [0.15, 0.2) is 6.61 Å². The summed E-state index contributed by atoms with van der Waals surface area (Å²) in [6.07, 6.45) is 0.808. The van der Waals surface area contributed by atoms with Crippen LogP contribution in [0.1, 0.15) is 25.8 Å². The molecular formula is C21H23BrCl2N2O3. The Morgan fingerprint density at radius 2 is 1.86 bits per heavy atom. The van der Waals surface area contributed by atoms with Gasteiger partial charge in [0.25, 0.3) is 5.91 Å². The Labute approximate surface area is 189 Å². The number of carbonyl (C=O) groups is 2. The number of hydrogen-bond acceptors (Lipinski definition) is 3. The summed E-state index contributed by atoms with van der Waals surface area (Å²) in [5, 5.41) is 3.76. The maximum atomic E-state index is 12.9. The molecule has 0 saturated heterocycles. The minimum Gasteiger partial charge on any atom is -0.484 e. The lowest BCUT2D eigenvalue weighted by atomic mass is 10.1. The third-order valence-corrected chi connectivity index (χ3v) is 5.36. The Bertz CT molecular complexity index is 846. The van der Waals surface area contributed by atoms with Gasteiger partial charge in [-0.05, 0) is 55.3 Å². The number of benzene rings is 2. The van der Waals surface area contributed by atoms with Crippen molar-refractivity contribution in [3.63, 3.8) is 0 Å². The molecule has 0 spiro atoms. The topological polar surface area (TPSA) is 58.6 Å². The van der Waals surface area contributed by atoms with Crippen LogP contribution in [0, 0.1) is 0 Å². The van der Waals surface area contributed by atoms with E-state index in [0.29, 0.717) is 27.9 Å². The van der Waals surface area contributed by atoms with E-state index in [1.807, 2.05) is 19.1 Å². The second-order valence-electron chi connectivity index (χ2n) is 6.47. The van der Waals surface area contributed by atoms with Crippen molar-refractivity contribution in [2.45, 2.75) is 32.9 Å². The molecule has 8 heteroatoms. The number of hydrogen-bond donors (Lipinski definition) is 1. The monoisotopic (exact) mass is 500 g/mol. The fraction of sp³-hybridized carbons (Fsp3) is 0.333. The van der Waals surface area contributed by atoms with Gasteiger partial charge in [-0.3, -0.25) is 9.59 Å². The van der Waals surface area contributed by atoms with Crippen LogP contribution in [0.25, 0.3) is 0 Å². The lowest BCUT2D eigenvalue weighted by Gasteiger charge is -2.29. The molecule has 0 aliphatic carbocycles. The molecule has 0 radical (unpaired) electrons. The fourth-order valence-corrected chi connectivity index (χ4v) is 3.30. The Morgan fingerprint density at radius 1 is 1.17 bits per heavy atom. The van der Waals surface area contributed by atoms with Crippen molar-refractivity contribution in [2.75, 3.05) is 13.2 Å². The van der Waals surface area contributed by atoms with Crippen molar-refractivity contribution in [3.8, 4) is 5.75 Å². The van der Waals surface area contributed by atoms with E-state index in [1.54, 1.807) is 37.3 Å². The zero-order valence-electron chi connectivity index (χ0n) is 16.3. The second-order valence-corrected chi connectivity index (χ2v) is 8.23. The van der Waals surface area contributed by atoms with Gasteiger partial charge in [-0.15, -0.1) is 0 Å². The number of rotatable bonds is 9. The molecule has 0 aromatic heterocycles. The molecule has 156 valence electrons. The Kier molecular flexibility index (Phi) is 9.27. The fourth-order valence-electron chi connectivity index (χ4n) is 2.57. The number of carbonyl (C=O) groups excluding carboxylic acids is 2. The lowest BCUT2D eigenvalue weighted by molar-refractivity contribution is -0.142. The summed E-state index contributed by atoms with van der Waals surface area (Å²) >= 11 is 15.6. The summed E-state index contributed by atoms with van der Waals surface area (Å²) < 4.78 is 6.52. The molecular weight excluding hydrogens is 479 g/mol. The first-order chi connectivity index (χ1) is 13.8. The third kappa shape index (κ3) is 7.21. The summed E-state index contributed by atoms with van der Waals surface area (Å²) in [5.74, 6) is 0.0149. The van der Waals surface area contributed by atoms with Gasteiger partial charge in [0.2, 0.25) is 5.91 Å². The largest absolute Gasteiger partial charge is 0.484 e. The van der Waals surface area contributed by atoms with Crippen molar-refractivity contribution in [2.24, 2.45) is 0 Å². The molecule has 0 aliphatic rings. The van der Waals surface area contributed by atoms with Crippen LogP contribution in [0.4, 0.5) is 0 Å². The molecule has 0 bridgehead atoms. The normalized spacial score (nSPS) is 11.6. The van der Waals surface area contributed by atoms with Gasteiger partial charge < -0.3 is 15.0 Å². The molecule has 29 heavy (non-hydrogen) atoms. The predicted molar refractivity (Wildman–Crippen MR) is 119 cm³/mol. The average molecular weight is 502 g/mol. The van der Waals surface area contributed by atoms with Crippen LogP contribution in [0.15, 0.2) is 46.9 Å². The molecule has 2 aromatic rings. The number of ether oxygens (including phenoxy) is 1. The highest BCUT2D eigenvalue weighted by atomic mass is 79.9. The first-order valence-electron chi connectivity index (χ1n) is 9.21. The van der Waals surface area contributed by atoms with Crippen LogP contribution < -0.4 is 10.1 Å². The van der Waals surface area contributed by atoms with Crippen LogP contribution in [-0.4, -0.2) is 35.9 Å². The number of amides is 2. The molecule has 0 unspecified atom stereocenters. The zero-order chi connectivity index (χ0) is 21.4. The van der Waals surface area contributed by atoms with Gasteiger partial charge in [0, 0.05) is 27.6 Å². The number of nitrogens with zero attached hydrogens (tertiary/aromatic N) is 1.